The first-order valence-electron chi connectivity index (χ1n) is 4.47. The Balaban J connectivity index is 3.04. The van der Waals surface area contributed by atoms with Gasteiger partial charge in [-0.25, -0.2) is 0 Å². The number of nitrogens with two attached hydrogens (primary N) is 2. The van der Waals surface area contributed by atoms with Crippen LogP contribution in [0.3, 0.4) is 0 Å². The van der Waals surface area contributed by atoms with Crippen molar-refractivity contribution in [2.24, 2.45) is 11.5 Å². The second-order valence-corrected chi connectivity index (χ2v) is 4.21. The Hall–Kier alpha value is -0.280. The first-order valence-corrected chi connectivity index (χ1v) is 5.22. The number of benzene rings is 1. The average Bonchev–Trinajstić information content (AvgIpc) is 2.09. The van der Waals surface area contributed by atoms with E-state index in [4.69, 9.17) is 34.7 Å². The fraction of sp³-hybridized carbons (Fsp3) is 0.400. The lowest BCUT2D eigenvalue weighted by atomic mass is 9.93. The summed E-state index contributed by atoms with van der Waals surface area (Å²) in [5, 5.41) is 1.25. The fourth-order valence-electron chi connectivity index (χ4n) is 1.43. The molecule has 0 saturated carbocycles. The molecule has 78 valence electrons. The monoisotopic (exact) mass is 232 g/mol. The molecule has 0 saturated heterocycles. The molecule has 0 aliphatic rings. The largest absolute Gasteiger partial charge is 0.330 e. The summed E-state index contributed by atoms with van der Waals surface area (Å²) in [6, 6.07) is 5.38. The molecule has 0 aromatic heterocycles. The van der Waals surface area contributed by atoms with Gasteiger partial charge in [-0.05, 0) is 24.6 Å². The highest BCUT2D eigenvalue weighted by atomic mass is 35.5. The van der Waals surface area contributed by atoms with E-state index in [1.807, 2.05) is 13.0 Å². The molecule has 2 nitrogen and oxygen atoms in total. The van der Waals surface area contributed by atoms with E-state index in [9.17, 15) is 0 Å². The van der Waals surface area contributed by atoms with Crippen LogP contribution in [0.5, 0.6) is 0 Å². The maximum Gasteiger partial charge on any atom is 0.0456 e. The van der Waals surface area contributed by atoms with E-state index in [-0.39, 0.29) is 12.0 Å². The fourth-order valence-corrected chi connectivity index (χ4v) is 1.98. The van der Waals surface area contributed by atoms with Crippen LogP contribution in [0.2, 0.25) is 10.0 Å². The molecule has 0 spiro atoms. The molecule has 0 fully saturated rings. The summed E-state index contributed by atoms with van der Waals surface area (Å²) < 4.78 is 0. The van der Waals surface area contributed by atoms with Crippen molar-refractivity contribution in [1.82, 2.24) is 0 Å². The Bertz CT molecular complexity index is 313. The highest BCUT2D eigenvalue weighted by molar-refractivity contribution is 6.35. The summed E-state index contributed by atoms with van der Waals surface area (Å²) >= 11 is 11.8. The normalized spacial score (nSPS) is 15.2. The lowest BCUT2D eigenvalue weighted by Crippen LogP contribution is -2.30. The van der Waals surface area contributed by atoms with Gasteiger partial charge in [-0.2, -0.15) is 0 Å². The van der Waals surface area contributed by atoms with Gasteiger partial charge in [-0.15, -0.1) is 0 Å². The highest BCUT2D eigenvalue weighted by Gasteiger charge is 2.17. The van der Waals surface area contributed by atoms with Gasteiger partial charge in [-0.3, -0.25) is 0 Å². The second-order valence-electron chi connectivity index (χ2n) is 3.37. The third-order valence-electron chi connectivity index (χ3n) is 2.25. The molecule has 4 heteroatoms. The second kappa shape index (κ2) is 4.99. The van der Waals surface area contributed by atoms with Crippen LogP contribution in [-0.2, 0) is 0 Å². The zero-order chi connectivity index (χ0) is 10.7. The van der Waals surface area contributed by atoms with E-state index >= 15 is 0 Å². The maximum absolute atomic E-state index is 6.05. The van der Waals surface area contributed by atoms with Crippen molar-refractivity contribution in [2.75, 3.05) is 6.54 Å². The van der Waals surface area contributed by atoms with Gasteiger partial charge < -0.3 is 11.5 Å². The molecule has 4 N–H and O–H groups in total. The van der Waals surface area contributed by atoms with Gasteiger partial charge in [0.2, 0.25) is 0 Å². The summed E-state index contributed by atoms with van der Waals surface area (Å²) in [6.45, 7) is 2.40. The molecular weight excluding hydrogens is 219 g/mol. The number of hydrogen-bond acceptors (Lipinski definition) is 2. The van der Waals surface area contributed by atoms with Gasteiger partial charge in [0, 0.05) is 28.5 Å². The molecule has 2 unspecified atom stereocenters. The van der Waals surface area contributed by atoms with E-state index < -0.39 is 0 Å². The maximum atomic E-state index is 6.05. The van der Waals surface area contributed by atoms with Crippen LogP contribution < -0.4 is 11.5 Å². The SMILES string of the molecule is CC(N)C(CN)c1ccc(Cl)cc1Cl. The van der Waals surface area contributed by atoms with Crippen LogP contribution in [0.25, 0.3) is 0 Å². The zero-order valence-electron chi connectivity index (χ0n) is 8.00. The minimum absolute atomic E-state index is 0.0151. The van der Waals surface area contributed by atoms with E-state index in [0.717, 1.165) is 5.56 Å². The standard InChI is InChI=1S/C10H14Cl2N2/c1-6(14)9(5-13)8-3-2-7(11)4-10(8)12/h2-4,6,9H,5,13-14H2,1H3. The van der Waals surface area contributed by atoms with Crippen molar-refractivity contribution in [3.8, 4) is 0 Å². The highest BCUT2D eigenvalue weighted by Crippen LogP contribution is 2.28. The van der Waals surface area contributed by atoms with E-state index in [1.165, 1.54) is 0 Å². The van der Waals surface area contributed by atoms with Crippen molar-refractivity contribution < 1.29 is 0 Å². The van der Waals surface area contributed by atoms with Gasteiger partial charge in [0.1, 0.15) is 0 Å². The Kier molecular flexibility index (Phi) is 4.20. The Morgan fingerprint density at radius 2 is 2.00 bits per heavy atom. The number of rotatable bonds is 3. The molecule has 0 aliphatic carbocycles. The summed E-state index contributed by atoms with van der Waals surface area (Å²) in [5.74, 6) is 0.0831. The van der Waals surface area contributed by atoms with Crippen LogP contribution in [-0.4, -0.2) is 12.6 Å². The van der Waals surface area contributed by atoms with Crippen molar-refractivity contribution >= 4 is 23.2 Å². The predicted molar refractivity (Wildman–Crippen MR) is 61.9 cm³/mol. The van der Waals surface area contributed by atoms with E-state index in [2.05, 4.69) is 0 Å². The Morgan fingerprint density at radius 3 is 2.43 bits per heavy atom. The Labute approximate surface area is 94.2 Å². The number of halogens is 2. The van der Waals surface area contributed by atoms with Gasteiger partial charge in [0.15, 0.2) is 0 Å². The van der Waals surface area contributed by atoms with Crippen LogP contribution in [0.15, 0.2) is 18.2 Å². The van der Waals surface area contributed by atoms with Crippen LogP contribution in [0.1, 0.15) is 18.4 Å². The predicted octanol–water partition coefficient (Wildman–Crippen LogP) is 2.38. The van der Waals surface area contributed by atoms with Gasteiger partial charge in [-0.1, -0.05) is 29.3 Å². The van der Waals surface area contributed by atoms with Gasteiger partial charge in [0.25, 0.3) is 0 Å². The molecule has 1 aromatic carbocycles. The van der Waals surface area contributed by atoms with E-state index in [0.29, 0.717) is 16.6 Å². The quantitative estimate of drug-likeness (QED) is 0.842. The van der Waals surface area contributed by atoms with Crippen molar-refractivity contribution in [2.45, 2.75) is 18.9 Å². The summed E-state index contributed by atoms with van der Waals surface area (Å²) in [6.07, 6.45) is 0. The topological polar surface area (TPSA) is 52.0 Å². The lowest BCUT2D eigenvalue weighted by Gasteiger charge is -2.20. The Morgan fingerprint density at radius 1 is 1.36 bits per heavy atom. The van der Waals surface area contributed by atoms with Crippen LogP contribution in [0.4, 0.5) is 0 Å². The van der Waals surface area contributed by atoms with Gasteiger partial charge >= 0.3 is 0 Å². The van der Waals surface area contributed by atoms with Crippen molar-refractivity contribution in [3.63, 3.8) is 0 Å². The molecule has 0 bridgehead atoms. The van der Waals surface area contributed by atoms with E-state index in [1.54, 1.807) is 12.1 Å². The summed E-state index contributed by atoms with van der Waals surface area (Å²) in [5.41, 5.74) is 12.4. The molecule has 2 atom stereocenters. The third-order valence-corrected chi connectivity index (χ3v) is 2.81. The third kappa shape index (κ3) is 2.61. The van der Waals surface area contributed by atoms with Gasteiger partial charge in [0.05, 0.1) is 0 Å². The molecular formula is C10H14Cl2N2. The summed E-state index contributed by atoms with van der Waals surface area (Å²) in [7, 11) is 0. The van der Waals surface area contributed by atoms with Crippen molar-refractivity contribution in [1.29, 1.82) is 0 Å². The van der Waals surface area contributed by atoms with Crippen molar-refractivity contribution in [3.05, 3.63) is 33.8 Å². The minimum atomic E-state index is -0.0151. The molecule has 14 heavy (non-hydrogen) atoms. The smallest absolute Gasteiger partial charge is 0.0456 e. The average molecular weight is 233 g/mol. The van der Waals surface area contributed by atoms with Crippen LogP contribution in [0, 0.1) is 0 Å². The summed E-state index contributed by atoms with van der Waals surface area (Å²) in [4.78, 5) is 0. The molecule has 0 heterocycles. The molecule has 0 amide bonds. The number of hydrogen-bond donors (Lipinski definition) is 2. The molecule has 1 aromatic rings. The van der Waals surface area contributed by atoms with Crippen LogP contribution >= 0.6 is 23.2 Å². The first-order chi connectivity index (χ1) is 6.56. The minimum Gasteiger partial charge on any atom is -0.330 e. The zero-order valence-corrected chi connectivity index (χ0v) is 9.52. The first kappa shape index (κ1) is 11.8. The lowest BCUT2D eigenvalue weighted by molar-refractivity contribution is 0.577. The molecule has 0 radical (unpaired) electrons. The molecule has 1 rings (SSSR count). The molecule has 0 aliphatic heterocycles.